The van der Waals surface area contributed by atoms with Crippen LogP contribution >= 0.6 is 23.2 Å². The lowest BCUT2D eigenvalue weighted by atomic mass is 10.0. The van der Waals surface area contributed by atoms with Crippen molar-refractivity contribution in [1.29, 1.82) is 0 Å². The maximum Gasteiger partial charge on any atom is 0.264 e. The quantitative estimate of drug-likeness (QED) is 0.167. The SMILES string of the molecule is CCCNC(=O)[C@@H](Cc1ccccc1)N(Cc1c(Cl)cccc1Cl)C(=O)CN(c1cc(C)ccc1C)S(=O)(=O)c1ccccc1. The van der Waals surface area contributed by atoms with Gasteiger partial charge < -0.3 is 10.2 Å². The number of amides is 2. The number of rotatable bonds is 13. The van der Waals surface area contributed by atoms with Gasteiger partial charge in [-0.15, -0.1) is 0 Å². The Labute approximate surface area is 275 Å². The normalized spacial score (nSPS) is 11.9. The van der Waals surface area contributed by atoms with Crippen molar-refractivity contribution in [2.24, 2.45) is 0 Å². The number of anilines is 1. The molecule has 0 heterocycles. The lowest BCUT2D eigenvalue weighted by Gasteiger charge is -2.34. The molecule has 0 saturated heterocycles. The molecular formula is C35H37Cl2N3O4S. The molecule has 45 heavy (non-hydrogen) atoms. The number of hydrogen-bond donors (Lipinski definition) is 1. The predicted octanol–water partition coefficient (Wildman–Crippen LogP) is 6.97. The van der Waals surface area contributed by atoms with Crippen LogP contribution in [0.3, 0.4) is 0 Å². The first-order chi connectivity index (χ1) is 21.5. The van der Waals surface area contributed by atoms with Gasteiger partial charge in [0.2, 0.25) is 11.8 Å². The van der Waals surface area contributed by atoms with Crippen molar-refractivity contribution in [2.45, 2.75) is 51.1 Å². The van der Waals surface area contributed by atoms with Crippen LogP contribution in [0.4, 0.5) is 5.69 Å². The molecule has 0 bridgehead atoms. The molecule has 0 unspecified atom stereocenters. The number of carbonyl (C=O) groups excluding carboxylic acids is 2. The number of carbonyl (C=O) groups is 2. The van der Waals surface area contributed by atoms with Crippen LogP contribution in [0.5, 0.6) is 0 Å². The Morgan fingerprint density at radius 1 is 0.844 bits per heavy atom. The average molecular weight is 667 g/mol. The molecule has 0 spiro atoms. The molecule has 0 aliphatic rings. The van der Waals surface area contributed by atoms with E-state index in [1.54, 1.807) is 49.4 Å². The summed E-state index contributed by atoms with van der Waals surface area (Å²) >= 11 is 13.1. The van der Waals surface area contributed by atoms with E-state index in [2.05, 4.69) is 5.32 Å². The molecule has 0 saturated carbocycles. The summed E-state index contributed by atoms with van der Waals surface area (Å²) in [4.78, 5) is 29.8. The Morgan fingerprint density at radius 3 is 2.09 bits per heavy atom. The fourth-order valence-corrected chi connectivity index (χ4v) is 7.00. The van der Waals surface area contributed by atoms with Crippen LogP contribution in [0.1, 0.15) is 35.6 Å². The monoisotopic (exact) mass is 665 g/mol. The number of benzene rings is 4. The van der Waals surface area contributed by atoms with Crippen molar-refractivity contribution < 1.29 is 18.0 Å². The number of nitrogens with one attached hydrogen (secondary N) is 1. The molecule has 7 nitrogen and oxygen atoms in total. The largest absolute Gasteiger partial charge is 0.354 e. The highest BCUT2D eigenvalue weighted by Gasteiger charge is 2.35. The first kappa shape index (κ1) is 34.0. The highest BCUT2D eigenvalue weighted by atomic mass is 35.5. The van der Waals surface area contributed by atoms with Crippen molar-refractivity contribution in [3.63, 3.8) is 0 Å². The van der Waals surface area contributed by atoms with Crippen molar-refractivity contribution >= 4 is 50.7 Å². The number of nitrogens with zero attached hydrogens (tertiary/aromatic N) is 2. The maximum absolute atomic E-state index is 14.6. The van der Waals surface area contributed by atoms with Gasteiger partial charge in [0.1, 0.15) is 12.6 Å². The summed E-state index contributed by atoms with van der Waals surface area (Å²) in [5, 5.41) is 3.59. The summed E-state index contributed by atoms with van der Waals surface area (Å²) in [5.41, 5.74) is 3.17. The Morgan fingerprint density at radius 2 is 1.47 bits per heavy atom. The summed E-state index contributed by atoms with van der Waals surface area (Å²) in [6.07, 6.45) is 0.892. The summed E-state index contributed by atoms with van der Waals surface area (Å²) in [7, 11) is -4.20. The second-order valence-corrected chi connectivity index (χ2v) is 13.5. The standard InChI is InChI=1S/C35H37Cl2N3O4S/c1-4-20-38-35(42)33(22-27-12-7-5-8-13-27)39(23-29-30(36)16-11-17-31(29)37)34(41)24-40(32-21-25(2)18-19-26(32)3)45(43,44)28-14-9-6-10-15-28/h5-19,21,33H,4,20,22-24H2,1-3H3,(H,38,42)/t33-/m1/s1. The lowest BCUT2D eigenvalue weighted by molar-refractivity contribution is -0.140. The molecule has 0 fully saturated rings. The average Bonchev–Trinajstić information content (AvgIpc) is 3.03. The van der Waals surface area contributed by atoms with Crippen LogP contribution in [0.25, 0.3) is 0 Å². The molecule has 4 aromatic rings. The molecular weight excluding hydrogens is 629 g/mol. The predicted molar refractivity (Wildman–Crippen MR) is 181 cm³/mol. The minimum atomic E-state index is -4.20. The van der Waals surface area contributed by atoms with E-state index in [0.29, 0.717) is 39.8 Å². The van der Waals surface area contributed by atoms with Gasteiger partial charge in [-0.05, 0) is 67.3 Å². The number of halogens is 2. The second-order valence-electron chi connectivity index (χ2n) is 10.8. The molecule has 10 heteroatoms. The Kier molecular flexibility index (Phi) is 11.7. The van der Waals surface area contributed by atoms with E-state index in [1.165, 1.54) is 17.0 Å². The second kappa shape index (κ2) is 15.4. The summed E-state index contributed by atoms with van der Waals surface area (Å²) in [6.45, 7) is 5.34. The molecule has 4 rings (SSSR count). The Balaban J connectivity index is 1.85. The zero-order chi connectivity index (χ0) is 32.6. The third-order valence-electron chi connectivity index (χ3n) is 7.45. The van der Waals surface area contributed by atoms with Crippen LogP contribution in [-0.2, 0) is 32.6 Å². The van der Waals surface area contributed by atoms with E-state index in [1.807, 2.05) is 56.3 Å². The number of aryl methyl sites for hydroxylation is 2. The molecule has 0 aliphatic carbocycles. The third kappa shape index (κ3) is 8.45. The Hall–Kier alpha value is -3.85. The topological polar surface area (TPSA) is 86.8 Å². The molecule has 1 atom stereocenters. The van der Waals surface area contributed by atoms with Crippen molar-refractivity contribution in [2.75, 3.05) is 17.4 Å². The fraction of sp³-hybridized carbons (Fsp3) is 0.257. The van der Waals surface area contributed by atoms with E-state index in [4.69, 9.17) is 23.2 Å². The van der Waals surface area contributed by atoms with Gasteiger partial charge in [0.05, 0.1) is 10.6 Å². The van der Waals surface area contributed by atoms with Gasteiger partial charge in [0.25, 0.3) is 10.0 Å². The van der Waals surface area contributed by atoms with Crippen LogP contribution in [-0.4, -0.2) is 44.3 Å². The van der Waals surface area contributed by atoms with E-state index in [9.17, 15) is 18.0 Å². The van der Waals surface area contributed by atoms with Crippen molar-refractivity contribution in [1.82, 2.24) is 10.2 Å². The molecule has 0 aromatic heterocycles. The third-order valence-corrected chi connectivity index (χ3v) is 9.94. The van der Waals surface area contributed by atoms with E-state index < -0.39 is 28.5 Å². The van der Waals surface area contributed by atoms with E-state index in [0.717, 1.165) is 15.4 Å². The summed E-state index contributed by atoms with van der Waals surface area (Å²) in [5.74, 6) is -0.944. The Bertz CT molecular complexity index is 1710. The molecule has 0 radical (unpaired) electrons. The number of sulfonamides is 1. The van der Waals surface area contributed by atoms with Crippen LogP contribution in [0.15, 0.2) is 102 Å². The van der Waals surface area contributed by atoms with Crippen molar-refractivity contribution in [3.8, 4) is 0 Å². The molecule has 2 amide bonds. The van der Waals surface area contributed by atoms with Gasteiger partial charge >= 0.3 is 0 Å². The minimum absolute atomic E-state index is 0.0425. The van der Waals surface area contributed by atoms with Crippen LogP contribution in [0.2, 0.25) is 10.0 Å². The zero-order valence-electron chi connectivity index (χ0n) is 25.5. The lowest BCUT2D eigenvalue weighted by Crippen LogP contribution is -2.53. The highest BCUT2D eigenvalue weighted by Crippen LogP contribution is 2.30. The first-order valence-electron chi connectivity index (χ1n) is 14.7. The maximum atomic E-state index is 14.6. The molecule has 4 aromatic carbocycles. The smallest absolute Gasteiger partial charge is 0.264 e. The van der Waals surface area contributed by atoms with Crippen LogP contribution in [0, 0.1) is 13.8 Å². The summed E-state index contributed by atoms with van der Waals surface area (Å²) < 4.78 is 29.5. The zero-order valence-corrected chi connectivity index (χ0v) is 27.9. The summed E-state index contributed by atoms with van der Waals surface area (Å²) in [6, 6.07) is 26.8. The minimum Gasteiger partial charge on any atom is -0.354 e. The first-order valence-corrected chi connectivity index (χ1v) is 16.9. The van der Waals surface area contributed by atoms with Crippen LogP contribution < -0.4 is 9.62 Å². The highest BCUT2D eigenvalue weighted by molar-refractivity contribution is 7.92. The fourth-order valence-electron chi connectivity index (χ4n) is 4.99. The van der Waals surface area contributed by atoms with Gasteiger partial charge in [0.15, 0.2) is 0 Å². The van der Waals surface area contributed by atoms with Gasteiger partial charge in [-0.25, -0.2) is 8.42 Å². The van der Waals surface area contributed by atoms with Gasteiger partial charge in [-0.3, -0.25) is 13.9 Å². The van der Waals surface area contributed by atoms with E-state index in [-0.39, 0.29) is 23.8 Å². The van der Waals surface area contributed by atoms with Gasteiger partial charge in [0, 0.05) is 35.1 Å². The van der Waals surface area contributed by atoms with Gasteiger partial charge in [-0.2, -0.15) is 0 Å². The number of hydrogen-bond acceptors (Lipinski definition) is 4. The van der Waals surface area contributed by atoms with E-state index >= 15 is 0 Å². The van der Waals surface area contributed by atoms with Crippen molar-refractivity contribution in [3.05, 3.63) is 129 Å². The molecule has 0 aliphatic heterocycles. The molecule has 1 N–H and O–H groups in total. The molecule has 236 valence electrons. The van der Waals surface area contributed by atoms with Gasteiger partial charge in [-0.1, -0.05) is 96.9 Å².